The van der Waals surface area contributed by atoms with Crippen LogP contribution in [-0.2, 0) is 11.2 Å². The van der Waals surface area contributed by atoms with Gasteiger partial charge in [-0.15, -0.1) is 0 Å². The second-order valence-corrected chi connectivity index (χ2v) is 4.17. The third-order valence-electron chi connectivity index (χ3n) is 2.40. The Balaban J connectivity index is 2.67. The van der Waals surface area contributed by atoms with Crippen LogP contribution in [0.2, 0.25) is 0 Å². The number of para-hydroxylation sites is 1. The Morgan fingerprint density at radius 1 is 1.31 bits per heavy atom. The second-order valence-electron chi connectivity index (χ2n) is 4.17. The standard InChI is InChI=1S/C14H20O2/c1-4-13(15)10-9-12-7-5-6-8-14(12)16-11(2)3/h5-8,11H,4,9-10H2,1-3H3. The maximum atomic E-state index is 11.3. The highest BCUT2D eigenvalue weighted by Crippen LogP contribution is 2.21. The van der Waals surface area contributed by atoms with Gasteiger partial charge >= 0.3 is 0 Å². The Bertz CT molecular complexity index is 342. The van der Waals surface area contributed by atoms with E-state index in [2.05, 4.69) is 0 Å². The predicted molar refractivity (Wildman–Crippen MR) is 65.8 cm³/mol. The fourth-order valence-electron chi connectivity index (χ4n) is 1.53. The van der Waals surface area contributed by atoms with Crippen molar-refractivity contribution in [1.29, 1.82) is 0 Å². The molecular weight excluding hydrogens is 200 g/mol. The van der Waals surface area contributed by atoms with Crippen LogP contribution in [0.3, 0.4) is 0 Å². The first-order valence-corrected chi connectivity index (χ1v) is 5.89. The number of Topliss-reactive ketones (excluding diaryl/α,β-unsaturated/α-hetero) is 1. The van der Waals surface area contributed by atoms with Crippen molar-refractivity contribution in [3.05, 3.63) is 29.8 Å². The molecule has 0 saturated carbocycles. The first-order chi connectivity index (χ1) is 7.63. The van der Waals surface area contributed by atoms with Gasteiger partial charge in [-0.1, -0.05) is 25.1 Å². The van der Waals surface area contributed by atoms with E-state index >= 15 is 0 Å². The minimum atomic E-state index is 0.169. The highest BCUT2D eigenvalue weighted by atomic mass is 16.5. The van der Waals surface area contributed by atoms with Gasteiger partial charge in [0.05, 0.1) is 6.10 Å². The molecule has 1 aromatic carbocycles. The van der Waals surface area contributed by atoms with E-state index in [0.717, 1.165) is 17.7 Å². The van der Waals surface area contributed by atoms with Crippen molar-refractivity contribution in [1.82, 2.24) is 0 Å². The largest absolute Gasteiger partial charge is 0.491 e. The van der Waals surface area contributed by atoms with Crippen LogP contribution in [0.15, 0.2) is 24.3 Å². The van der Waals surface area contributed by atoms with Crippen LogP contribution in [0.4, 0.5) is 0 Å². The molecular formula is C14H20O2. The summed E-state index contributed by atoms with van der Waals surface area (Å²) in [4.78, 5) is 11.3. The smallest absolute Gasteiger partial charge is 0.132 e. The van der Waals surface area contributed by atoms with Crippen molar-refractivity contribution >= 4 is 5.78 Å². The minimum absolute atomic E-state index is 0.169. The molecule has 0 heterocycles. The Morgan fingerprint density at radius 3 is 2.62 bits per heavy atom. The fraction of sp³-hybridized carbons (Fsp3) is 0.500. The lowest BCUT2D eigenvalue weighted by atomic mass is 10.1. The van der Waals surface area contributed by atoms with Crippen molar-refractivity contribution in [3.8, 4) is 5.75 Å². The molecule has 1 rings (SSSR count). The molecule has 0 aliphatic heterocycles. The van der Waals surface area contributed by atoms with E-state index in [4.69, 9.17) is 4.74 Å². The molecule has 16 heavy (non-hydrogen) atoms. The molecule has 0 saturated heterocycles. The lowest BCUT2D eigenvalue weighted by Gasteiger charge is -2.13. The predicted octanol–water partition coefficient (Wildman–Crippen LogP) is 3.39. The highest BCUT2D eigenvalue weighted by Gasteiger charge is 2.06. The van der Waals surface area contributed by atoms with Gasteiger partial charge < -0.3 is 4.74 Å². The molecule has 0 unspecified atom stereocenters. The molecule has 0 fully saturated rings. The Kier molecular flexibility index (Phi) is 5.03. The average molecular weight is 220 g/mol. The molecule has 88 valence electrons. The molecule has 0 N–H and O–H groups in total. The number of benzene rings is 1. The van der Waals surface area contributed by atoms with Crippen LogP contribution in [0.25, 0.3) is 0 Å². The topological polar surface area (TPSA) is 26.3 Å². The van der Waals surface area contributed by atoms with E-state index in [9.17, 15) is 4.79 Å². The first kappa shape index (κ1) is 12.8. The summed E-state index contributed by atoms with van der Waals surface area (Å²) in [6.07, 6.45) is 2.17. The molecule has 0 aliphatic carbocycles. The van der Waals surface area contributed by atoms with Crippen molar-refractivity contribution in [2.24, 2.45) is 0 Å². The van der Waals surface area contributed by atoms with Gasteiger partial charge in [0.1, 0.15) is 11.5 Å². The number of hydrogen-bond donors (Lipinski definition) is 0. The van der Waals surface area contributed by atoms with E-state index in [-0.39, 0.29) is 6.10 Å². The lowest BCUT2D eigenvalue weighted by Crippen LogP contribution is -2.08. The third-order valence-corrected chi connectivity index (χ3v) is 2.40. The van der Waals surface area contributed by atoms with Crippen LogP contribution < -0.4 is 4.74 Å². The summed E-state index contributed by atoms with van der Waals surface area (Å²) in [5.41, 5.74) is 1.12. The normalized spacial score (nSPS) is 10.5. The molecule has 0 amide bonds. The van der Waals surface area contributed by atoms with Crippen molar-refractivity contribution in [3.63, 3.8) is 0 Å². The molecule has 0 spiro atoms. The minimum Gasteiger partial charge on any atom is -0.491 e. The maximum Gasteiger partial charge on any atom is 0.132 e. The van der Waals surface area contributed by atoms with E-state index in [1.807, 2.05) is 45.0 Å². The quantitative estimate of drug-likeness (QED) is 0.734. The molecule has 0 aliphatic rings. The summed E-state index contributed by atoms with van der Waals surface area (Å²) in [7, 11) is 0. The number of carbonyl (C=O) groups is 1. The van der Waals surface area contributed by atoms with Gasteiger partial charge in [-0.2, -0.15) is 0 Å². The first-order valence-electron chi connectivity index (χ1n) is 5.89. The number of aryl methyl sites for hydroxylation is 1. The van der Waals surface area contributed by atoms with Gasteiger partial charge in [-0.05, 0) is 31.9 Å². The summed E-state index contributed by atoms with van der Waals surface area (Å²) in [6, 6.07) is 7.94. The van der Waals surface area contributed by atoms with E-state index in [1.54, 1.807) is 0 Å². The van der Waals surface area contributed by atoms with Crippen molar-refractivity contribution in [2.75, 3.05) is 0 Å². The monoisotopic (exact) mass is 220 g/mol. The average Bonchev–Trinajstić information content (AvgIpc) is 2.26. The third kappa shape index (κ3) is 4.05. The van der Waals surface area contributed by atoms with Crippen molar-refractivity contribution < 1.29 is 9.53 Å². The summed E-state index contributed by atoms with van der Waals surface area (Å²) in [5.74, 6) is 1.21. The molecule has 1 aromatic rings. The zero-order chi connectivity index (χ0) is 12.0. The SMILES string of the molecule is CCC(=O)CCc1ccccc1OC(C)C. The number of carbonyl (C=O) groups excluding carboxylic acids is 1. The van der Waals surface area contributed by atoms with Crippen LogP contribution in [-0.4, -0.2) is 11.9 Å². The van der Waals surface area contributed by atoms with Crippen LogP contribution in [0.5, 0.6) is 5.75 Å². The molecule has 0 aromatic heterocycles. The Labute approximate surface area is 97.6 Å². The van der Waals surface area contributed by atoms with Crippen LogP contribution in [0, 0.1) is 0 Å². The fourth-order valence-corrected chi connectivity index (χ4v) is 1.53. The molecule has 0 radical (unpaired) electrons. The molecule has 2 heteroatoms. The summed E-state index contributed by atoms with van der Waals surface area (Å²) in [6.45, 7) is 5.92. The number of ketones is 1. The molecule has 0 bridgehead atoms. The zero-order valence-electron chi connectivity index (χ0n) is 10.3. The lowest BCUT2D eigenvalue weighted by molar-refractivity contribution is -0.118. The van der Waals surface area contributed by atoms with Gasteiger partial charge in [0, 0.05) is 12.8 Å². The molecule has 2 nitrogen and oxygen atoms in total. The summed E-state index contributed by atoms with van der Waals surface area (Å²) < 4.78 is 5.70. The van der Waals surface area contributed by atoms with Crippen LogP contribution >= 0.6 is 0 Å². The van der Waals surface area contributed by atoms with Gasteiger partial charge in [-0.25, -0.2) is 0 Å². The van der Waals surface area contributed by atoms with Crippen LogP contribution in [0.1, 0.15) is 39.2 Å². The Morgan fingerprint density at radius 2 is 2.00 bits per heavy atom. The Hall–Kier alpha value is -1.31. The summed E-state index contributed by atoms with van der Waals surface area (Å²) in [5, 5.41) is 0. The van der Waals surface area contributed by atoms with Gasteiger partial charge in [0.15, 0.2) is 0 Å². The van der Waals surface area contributed by atoms with Gasteiger partial charge in [0.25, 0.3) is 0 Å². The highest BCUT2D eigenvalue weighted by molar-refractivity contribution is 5.78. The van der Waals surface area contributed by atoms with Gasteiger partial charge in [-0.3, -0.25) is 4.79 Å². The number of ether oxygens (including phenoxy) is 1. The van der Waals surface area contributed by atoms with E-state index in [1.165, 1.54) is 0 Å². The number of hydrogen-bond acceptors (Lipinski definition) is 2. The molecule has 0 atom stereocenters. The van der Waals surface area contributed by atoms with E-state index < -0.39 is 0 Å². The zero-order valence-corrected chi connectivity index (χ0v) is 10.3. The van der Waals surface area contributed by atoms with Crippen molar-refractivity contribution in [2.45, 2.75) is 46.1 Å². The second kappa shape index (κ2) is 6.31. The number of rotatable bonds is 6. The summed E-state index contributed by atoms with van der Waals surface area (Å²) >= 11 is 0. The maximum absolute atomic E-state index is 11.3. The van der Waals surface area contributed by atoms with E-state index in [0.29, 0.717) is 18.6 Å². The van der Waals surface area contributed by atoms with Gasteiger partial charge in [0.2, 0.25) is 0 Å².